The summed E-state index contributed by atoms with van der Waals surface area (Å²) in [6, 6.07) is 32.0. The van der Waals surface area contributed by atoms with E-state index in [1.54, 1.807) is 0 Å². The second-order valence-electron chi connectivity index (χ2n) is 12.3. The second kappa shape index (κ2) is 9.75. The smallest absolute Gasteiger partial charge is 0.0767 e. The van der Waals surface area contributed by atoms with E-state index in [4.69, 9.17) is 10.2 Å². The molecule has 4 nitrogen and oxygen atoms in total. The fourth-order valence-corrected chi connectivity index (χ4v) is 4.86. The van der Waals surface area contributed by atoms with Crippen molar-refractivity contribution in [2.45, 2.75) is 65.2 Å². The van der Waals surface area contributed by atoms with Crippen LogP contribution in [0, 0.1) is 6.92 Å². The molecule has 38 heavy (non-hydrogen) atoms. The van der Waals surface area contributed by atoms with Crippen molar-refractivity contribution in [2.24, 2.45) is 0 Å². The summed E-state index contributed by atoms with van der Waals surface area (Å²) >= 11 is 0. The maximum Gasteiger partial charge on any atom is 0.0767 e. The van der Waals surface area contributed by atoms with E-state index in [2.05, 4.69) is 121 Å². The summed E-state index contributed by atoms with van der Waals surface area (Å²) in [6.45, 7) is 15.8. The van der Waals surface area contributed by atoms with Crippen molar-refractivity contribution in [3.63, 3.8) is 0 Å². The summed E-state index contributed by atoms with van der Waals surface area (Å²) in [4.78, 5) is 0. The molecular weight excluding hydrogens is 464 g/mol. The quantitative estimate of drug-likeness (QED) is 0.243. The van der Waals surface area contributed by atoms with Crippen LogP contribution in [-0.2, 0) is 10.8 Å². The summed E-state index contributed by atoms with van der Waals surface area (Å²) in [5.74, 6) is -0.105. The molecule has 4 heteroatoms. The van der Waals surface area contributed by atoms with Gasteiger partial charge >= 0.3 is 0 Å². The molecule has 194 valence electrons. The van der Waals surface area contributed by atoms with Crippen molar-refractivity contribution >= 4 is 0 Å². The van der Waals surface area contributed by atoms with Gasteiger partial charge in [-0.3, -0.25) is 0 Å². The van der Waals surface area contributed by atoms with Gasteiger partial charge in [0, 0.05) is 11.9 Å². The second-order valence-corrected chi connectivity index (χ2v) is 12.3. The van der Waals surface area contributed by atoms with Gasteiger partial charge in [0.05, 0.1) is 28.7 Å². The van der Waals surface area contributed by atoms with Gasteiger partial charge < -0.3 is 0 Å². The monoisotopic (exact) mass is 502 g/mol. The molecule has 2 aromatic heterocycles. The van der Waals surface area contributed by atoms with Crippen LogP contribution in [0.4, 0.5) is 0 Å². The molecule has 5 aromatic rings. The van der Waals surface area contributed by atoms with E-state index in [9.17, 15) is 0 Å². The van der Waals surface area contributed by atoms with E-state index < -0.39 is 0 Å². The van der Waals surface area contributed by atoms with Crippen LogP contribution < -0.4 is 0 Å². The lowest BCUT2D eigenvalue weighted by Crippen LogP contribution is -2.18. The number of nitrogens with zero attached hydrogens (tertiary/aromatic N) is 4. The predicted octanol–water partition coefficient (Wildman–Crippen LogP) is 8.14. The molecule has 0 spiro atoms. The number of hydrogen-bond donors (Lipinski definition) is 0. The minimum atomic E-state index is -0.105. The molecular formula is C34H38N4. The first kappa shape index (κ1) is 25.7. The standard InChI is InChI=1S/C34H38N4/c1-24-20-31(36-38(24)29-16-12-9-13-17-29)32(30-18-19-37(35-30)28-14-10-8-11-15-28)25-21-26(33(2,3)4)23-27(22-25)34(5,6)7/h8-23,32H,1-7H3. The Morgan fingerprint density at radius 2 is 1.16 bits per heavy atom. The lowest BCUT2D eigenvalue weighted by molar-refractivity contribution is 0.566. The molecule has 3 aromatic carbocycles. The molecule has 0 aliphatic rings. The van der Waals surface area contributed by atoms with Crippen LogP contribution in [0.15, 0.2) is 97.2 Å². The zero-order chi connectivity index (χ0) is 27.1. The number of para-hydroxylation sites is 2. The minimum absolute atomic E-state index is 0.0171. The third-order valence-electron chi connectivity index (χ3n) is 7.15. The fourth-order valence-electron chi connectivity index (χ4n) is 4.86. The Morgan fingerprint density at radius 3 is 1.71 bits per heavy atom. The average Bonchev–Trinajstić information content (AvgIpc) is 3.51. The van der Waals surface area contributed by atoms with Gasteiger partial charge in [0.1, 0.15) is 0 Å². The molecule has 0 N–H and O–H groups in total. The molecule has 0 bridgehead atoms. The first-order valence-corrected chi connectivity index (χ1v) is 13.4. The van der Waals surface area contributed by atoms with Gasteiger partial charge in [-0.2, -0.15) is 10.2 Å². The zero-order valence-corrected chi connectivity index (χ0v) is 23.6. The molecule has 0 aliphatic heterocycles. The van der Waals surface area contributed by atoms with Crippen LogP contribution in [0.3, 0.4) is 0 Å². The Morgan fingerprint density at radius 1 is 0.605 bits per heavy atom. The molecule has 0 aliphatic carbocycles. The Balaban J connectivity index is 1.72. The van der Waals surface area contributed by atoms with Gasteiger partial charge in [-0.05, 0) is 70.8 Å². The Kier molecular flexibility index (Phi) is 6.60. The molecule has 0 saturated heterocycles. The summed E-state index contributed by atoms with van der Waals surface area (Å²) in [5, 5.41) is 10.3. The van der Waals surface area contributed by atoms with E-state index in [0.29, 0.717) is 0 Å². The van der Waals surface area contributed by atoms with Crippen molar-refractivity contribution in [1.29, 1.82) is 0 Å². The largest absolute Gasteiger partial charge is 0.241 e. The molecule has 1 atom stereocenters. The van der Waals surface area contributed by atoms with Crippen molar-refractivity contribution in [1.82, 2.24) is 19.6 Å². The maximum atomic E-state index is 5.17. The van der Waals surface area contributed by atoms with Crippen molar-refractivity contribution in [3.05, 3.63) is 131 Å². The summed E-state index contributed by atoms with van der Waals surface area (Å²) in [6.07, 6.45) is 2.05. The van der Waals surface area contributed by atoms with Gasteiger partial charge in [0.15, 0.2) is 0 Å². The lowest BCUT2D eigenvalue weighted by Gasteiger charge is -2.27. The highest BCUT2D eigenvalue weighted by molar-refractivity contribution is 5.46. The highest BCUT2D eigenvalue weighted by Crippen LogP contribution is 2.37. The van der Waals surface area contributed by atoms with Crippen LogP contribution in [-0.4, -0.2) is 19.6 Å². The normalized spacial score (nSPS) is 13.0. The van der Waals surface area contributed by atoms with E-state index in [1.165, 1.54) is 16.7 Å². The van der Waals surface area contributed by atoms with Crippen molar-refractivity contribution in [2.75, 3.05) is 0 Å². The van der Waals surface area contributed by atoms with Crippen LogP contribution >= 0.6 is 0 Å². The summed E-state index contributed by atoms with van der Waals surface area (Å²) < 4.78 is 4.00. The van der Waals surface area contributed by atoms with Crippen LogP contribution in [0.2, 0.25) is 0 Å². The van der Waals surface area contributed by atoms with Crippen LogP contribution in [0.1, 0.15) is 81.2 Å². The van der Waals surface area contributed by atoms with Gasteiger partial charge in [0.25, 0.3) is 0 Å². The maximum absolute atomic E-state index is 5.17. The highest BCUT2D eigenvalue weighted by Gasteiger charge is 2.28. The molecule has 0 amide bonds. The van der Waals surface area contributed by atoms with Gasteiger partial charge in [0.2, 0.25) is 0 Å². The molecule has 0 saturated carbocycles. The minimum Gasteiger partial charge on any atom is -0.241 e. The van der Waals surface area contributed by atoms with Crippen LogP contribution in [0.5, 0.6) is 0 Å². The number of rotatable bonds is 5. The van der Waals surface area contributed by atoms with Gasteiger partial charge in [-0.25, -0.2) is 9.36 Å². The Bertz CT molecular complexity index is 1490. The summed E-state index contributed by atoms with van der Waals surface area (Å²) in [5.41, 5.74) is 9.09. The van der Waals surface area contributed by atoms with E-state index in [-0.39, 0.29) is 16.7 Å². The summed E-state index contributed by atoms with van der Waals surface area (Å²) in [7, 11) is 0. The van der Waals surface area contributed by atoms with Crippen LogP contribution in [0.25, 0.3) is 11.4 Å². The van der Waals surface area contributed by atoms with E-state index >= 15 is 0 Å². The highest BCUT2D eigenvalue weighted by atomic mass is 15.3. The SMILES string of the molecule is Cc1cc(C(c2cc(C(C)(C)C)cc(C(C)(C)C)c2)c2ccn(-c3ccccc3)n2)nn1-c1ccccc1. The zero-order valence-electron chi connectivity index (χ0n) is 23.6. The predicted molar refractivity (Wildman–Crippen MR) is 157 cm³/mol. The molecule has 1 unspecified atom stereocenters. The number of benzene rings is 3. The average molecular weight is 503 g/mol. The van der Waals surface area contributed by atoms with E-state index in [1.807, 2.05) is 33.6 Å². The lowest BCUT2D eigenvalue weighted by atomic mass is 9.77. The van der Waals surface area contributed by atoms with Crippen molar-refractivity contribution in [3.8, 4) is 11.4 Å². The first-order chi connectivity index (χ1) is 18.0. The topological polar surface area (TPSA) is 35.6 Å². The molecule has 0 fully saturated rings. The third-order valence-corrected chi connectivity index (χ3v) is 7.15. The fraction of sp³-hybridized carbons (Fsp3) is 0.294. The number of aryl methyl sites for hydroxylation is 1. The number of aromatic nitrogens is 4. The third kappa shape index (κ3) is 5.22. The van der Waals surface area contributed by atoms with E-state index in [0.717, 1.165) is 28.5 Å². The Hall–Kier alpha value is -3.92. The number of hydrogen-bond acceptors (Lipinski definition) is 2. The van der Waals surface area contributed by atoms with Gasteiger partial charge in [-0.1, -0.05) is 96.1 Å². The molecule has 0 radical (unpaired) electrons. The first-order valence-electron chi connectivity index (χ1n) is 13.4. The molecule has 5 rings (SSSR count). The van der Waals surface area contributed by atoms with Gasteiger partial charge in [-0.15, -0.1) is 0 Å². The Labute approximate surface area is 227 Å². The molecule has 2 heterocycles. The van der Waals surface area contributed by atoms with Crippen molar-refractivity contribution < 1.29 is 0 Å².